The summed E-state index contributed by atoms with van der Waals surface area (Å²) >= 11 is 6.47. The first-order valence-corrected chi connectivity index (χ1v) is 6.51. The first-order valence-electron chi connectivity index (χ1n) is 6.07. The average molecular weight is 281 g/mol. The molecule has 2 aromatic rings. The molecule has 1 unspecified atom stereocenters. The maximum absolute atomic E-state index is 13.3. The Hall–Kier alpha value is -1.41. The van der Waals surface area contributed by atoms with Gasteiger partial charge in [-0.15, -0.1) is 11.6 Å². The first kappa shape index (κ1) is 14.0. The minimum Gasteiger partial charge on any atom is -0.204 e. The highest BCUT2D eigenvalue weighted by Crippen LogP contribution is 2.41. The minimum atomic E-state index is -0.869. The Bertz CT molecular complexity index is 564. The van der Waals surface area contributed by atoms with Crippen molar-refractivity contribution in [3.05, 3.63) is 71.3 Å². The number of hydrogen-bond acceptors (Lipinski definition) is 0. The van der Waals surface area contributed by atoms with Crippen molar-refractivity contribution in [2.45, 2.75) is 24.6 Å². The van der Waals surface area contributed by atoms with E-state index >= 15 is 0 Å². The summed E-state index contributed by atoms with van der Waals surface area (Å²) in [4.78, 5) is 0. The van der Waals surface area contributed by atoms with Gasteiger partial charge in [-0.3, -0.25) is 0 Å². The molecule has 0 bridgehead atoms. The zero-order valence-corrected chi connectivity index (χ0v) is 11.6. The van der Waals surface area contributed by atoms with Crippen molar-refractivity contribution in [1.82, 2.24) is 0 Å². The molecule has 0 N–H and O–H groups in total. The number of alkyl halides is 1. The van der Waals surface area contributed by atoms with E-state index < -0.39 is 17.0 Å². The lowest BCUT2D eigenvalue weighted by atomic mass is 9.79. The van der Waals surface area contributed by atoms with E-state index in [1.165, 1.54) is 6.07 Å². The fourth-order valence-electron chi connectivity index (χ4n) is 2.10. The SMILES string of the molecule is CC(C)(c1ccccc1)C(Cl)c1ccc(F)c(F)c1. The molecule has 0 aliphatic heterocycles. The van der Waals surface area contributed by atoms with Gasteiger partial charge in [-0.1, -0.05) is 50.2 Å². The largest absolute Gasteiger partial charge is 0.204 e. The molecule has 0 fully saturated rings. The van der Waals surface area contributed by atoms with E-state index in [2.05, 4.69) is 0 Å². The van der Waals surface area contributed by atoms with Gasteiger partial charge in [-0.25, -0.2) is 8.78 Å². The predicted molar refractivity (Wildman–Crippen MR) is 74.4 cm³/mol. The smallest absolute Gasteiger partial charge is 0.159 e. The van der Waals surface area contributed by atoms with Crippen LogP contribution in [0.25, 0.3) is 0 Å². The molecule has 0 radical (unpaired) electrons. The van der Waals surface area contributed by atoms with Gasteiger partial charge in [-0.05, 0) is 23.3 Å². The van der Waals surface area contributed by atoms with E-state index in [-0.39, 0.29) is 5.41 Å². The number of hydrogen-bond donors (Lipinski definition) is 0. The van der Waals surface area contributed by atoms with Crippen molar-refractivity contribution in [3.63, 3.8) is 0 Å². The molecule has 2 aromatic carbocycles. The summed E-state index contributed by atoms with van der Waals surface area (Å²) in [5, 5.41) is -0.440. The van der Waals surface area contributed by atoms with Gasteiger partial charge in [0.1, 0.15) is 0 Å². The zero-order chi connectivity index (χ0) is 14.0. The highest BCUT2D eigenvalue weighted by atomic mass is 35.5. The van der Waals surface area contributed by atoms with Crippen LogP contribution in [0.2, 0.25) is 0 Å². The summed E-state index contributed by atoms with van der Waals surface area (Å²) in [6, 6.07) is 13.6. The van der Waals surface area contributed by atoms with Crippen LogP contribution in [0.5, 0.6) is 0 Å². The molecule has 3 heteroatoms. The van der Waals surface area contributed by atoms with Crippen LogP contribution in [0.15, 0.2) is 48.5 Å². The van der Waals surface area contributed by atoms with E-state index in [0.29, 0.717) is 5.56 Å². The lowest BCUT2D eigenvalue weighted by Gasteiger charge is -2.31. The van der Waals surface area contributed by atoms with Gasteiger partial charge < -0.3 is 0 Å². The van der Waals surface area contributed by atoms with Gasteiger partial charge in [0, 0.05) is 5.41 Å². The fraction of sp³-hybridized carbons (Fsp3) is 0.250. The monoisotopic (exact) mass is 280 g/mol. The van der Waals surface area contributed by atoms with Crippen molar-refractivity contribution in [1.29, 1.82) is 0 Å². The molecule has 2 rings (SSSR count). The fourth-order valence-corrected chi connectivity index (χ4v) is 2.36. The lowest BCUT2D eigenvalue weighted by molar-refractivity contribution is 0.487. The molecule has 0 spiro atoms. The molecule has 0 aliphatic carbocycles. The molecule has 100 valence electrons. The number of rotatable bonds is 3. The molecule has 0 aromatic heterocycles. The van der Waals surface area contributed by atoms with Crippen LogP contribution in [-0.4, -0.2) is 0 Å². The first-order chi connectivity index (χ1) is 8.93. The lowest BCUT2D eigenvalue weighted by Crippen LogP contribution is -2.23. The van der Waals surface area contributed by atoms with Crippen LogP contribution < -0.4 is 0 Å². The van der Waals surface area contributed by atoms with E-state index in [1.807, 2.05) is 44.2 Å². The Morgan fingerprint density at radius 1 is 0.947 bits per heavy atom. The van der Waals surface area contributed by atoms with Gasteiger partial charge >= 0.3 is 0 Å². The highest BCUT2D eigenvalue weighted by Gasteiger charge is 2.31. The number of halogens is 3. The van der Waals surface area contributed by atoms with Crippen LogP contribution >= 0.6 is 11.6 Å². The molecule has 0 saturated heterocycles. The molecular weight excluding hydrogens is 266 g/mol. The van der Waals surface area contributed by atoms with Crippen molar-refractivity contribution < 1.29 is 8.78 Å². The second-order valence-corrected chi connectivity index (χ2v) is 5.56. The zero-order valence-electron chi connectivity index (χ0n) is 10.8. The summed E-state index contributed by atoms with van der Waals surface area (Å²) < 4.78 is 26.3. The standard InChI is InChI=1S/C16H15ClF2/c1-16(2,12-6-4-3-5-7-12)15(17)11-8-9-13(18)14(19)10-11/h3-10,15H,1-2H3. The maximum atomic E-state index is 13.3. The topological polar surface area (TPSA) is 0 Å². The molecular formula is C16H15ClF2. The summed E-state index contributed by atoms with van der Waals surface area (Å²) in [6.45, 7) is 3.97. The number of benzene rings is 2. The van der Waals surface area contributed by atoms with Crippen molar-refractivity contribution in [2.75, 3.05) is 0 Å². The molecule has 0 nitrogen and oxygen atoms in total. The second kappa shape index (κ2) is 5.30. The minimum absolute atomic E-state index is 0.382. The summed E-state index contributed by atoms with van der Waals surface area (Å²) in [7, 11) is 0. The Labute approximate surface area is 117 Å². The average Bonchev–Trinajstić information content (AvgIpc) is 2.42. The van der Waals surface area contributed by atoms with E-state index in [0.717, 1.165) is 17.7 Å². The Kier molecular flexibility index (Phi) is 3.91. The molecule has 0 heterocycles. The normalized spacial score (nSPS) is 13.3. The highest BCUT2D eigenvalue weighted by molar-refractivity contribution is 6.21. The molecule has 0 aliphatic rings. The molecule has 1 atom stereocenters. The summed E-state index contributed by atoms with van der Waals surface area (Å²) in [6.07, 6.45) is 0. The molecule has 0 saturated carbocycles. The molecule has 0 amide bonds. The summed E-state index contributed by atoms with van der Waals surface area (Å²) in [5.41, 5.74) is 1.25. The quantitative estimate of drug-likeness (QED) is 0.676. The van der Waals surface area contributed by atoms with Crippen LogP contribution in [0.1, 0.15) is 30.4 Å². The third-order valence-corrected chi connectivity index (χ3v) is 4.19. The van der Waals surface area contributed by atoms with Crippen LogP contribution in [-0.2, 0) is 5.41 Å². The van der Waals surface area contributed by atoms with Gasteiger partial charge in [0.15, 0.2) is 11.6 Å². The van der Waals surface area contributed by atoms with Crippen LogP contribution in [0.3, 0.4) is 0 Å². The third-order valence-electron chi connectivity index (χ3n) is 3.39. The molecule has 19 heavy (non-hydrogen) atoms. The van der Waals surface area contributed by atoms with Crippen LogP contribution in [0.4, 0.5) is 8.78 Å². The van der Waals surface area contributed by atoms with Crippen molar-refractivity contribution in [2.24, 2.45) is 0 Å². The second-order valence-electron chi connectivity index (χ2n) is 5.12. The van der Waals surface area contributed by atoms with E-state index in [4.69, 9.17) is 11.6 Å². The van der Waals surface area contributed by atoms with Gasteiger partial charge in [0.05, 0.1) is 5.38 Å². The predicted octanol–water partition coefficient (Wildman–Crippen LogP) is 5.22. The Morgan fingerprint density at radius 3 is 2.16 bits per heavy atom. The Morgan fingerprint density at radius 2 is 1.58 bits per heavy atom. The van der Waals surface area contributed by atoms with Crippen LogP contribution in [0, 0.1) is 11.6 Å². The maximum Gasteiger partial charge on any atom is 0.159 e. The van der Waals surface area contributed by atoms with Crippen molar-refractivity contribution >= 4 is 11.6 Å². The Balaban J connectivity index is 2.37. The van der Waals surface area contributed by atoms with Crippen molar-refractivity contribution in [3.8, 4) is 0 Å². The van der Waals surface area contributed by atoms with Gasteiger partial charge in [0.25, 0.3) is 0 Å². The van der Waals surface area contributed by atoms with Gasteiger partial charge in [-0.2, -0.15) is 0 Å². The summed E-state index contributed by atoms with van der Waals surface area (Å²) in [5.74, 6) is -1.72. The third kappa shape index (κ3) is 2.79. The van der Waals surface area contributed by atoms with E-state index in [9.17, 15) is 8.78 Å². The van der Waals surface area contributed by atoms with E-state index in [1.54, 1.807) is 0 Å². The van der Waals surface area contributed by atoms with Gasteiger partial charge in [0.2, 0.25) is 0 Å².